The highest BCUT2D eigenvalue weighted by Gasteiger charge is 2.35. The minimum absolute atomic E-state index is 0.0512. The van der Waals surface area contributed by atoms with Gasteiger partial charge in [0.1, 0.15) is 0 Å². The van der Waals surface area contributed by atoms with Gasteiger partial charge in [0, 0.05) is 37.7 Å². The number of ether oxygens (including phenoxy) is 2. The fourth-order valence-electron chi connectivity index (χ4n) is 3.59. The molecule has 2 aliphatic rings. The zero-order valence-corrected chi connectivity index (χ0v) is 15.0. The van der Waals surface area contributed by atoms with Gasteiger partial charge < -0.3 is 19.7 Å². The number of para-hydroxylation sites is 1. The zero-order chi connectivity index (χ0) is 19.7. The van der Waals surface area contributed by atoms with Crippen molar-refractivity contribution in [1.82, 2.24) is 10.2 Å². The van der Waals surface area contributed by atoms with Crippen LogP contribution in [0.4, 0.5) is 13.2 Å². The molecule has 0 bridgehead atoms. The highest BCUT2D eigenvalue weighted by atomic mass is 19.4. The second-order valence-electron chi connectivity index (χ2n) is 6.86. The number of alkyl halides is 3. The third kappa shape index (κ3) is 3.77. The van der Waals surface area contributed by atoms with Crippen molar-refractivity contribution >= 4 is 5.91 Å². The van der Waals surface area contributed by atoms with E-state index in [1.165, 1.54) is 17.0 Å². The molecule has 5 nitrogen and oxygen atoms in total. The maximum atomic E-state index is 13.2. The third-order valence-corrected chi connectivity index (χ3v) is 4.96. The Kier molecular flexibility index (Phi) is 4.89. The van der Waals surface area contributed by atoms with E-state index in [0.29, 0.717) is 24.6 Å². The highest BCUT2D eigenvalue weighted by molar-refractivity contribution is 5.79. The van der Waals surface area contributed by atoms with Crippen LogP contribution >= 0.6 is 0 Å². The molecule has 0 unspecified atom stereocenters. The Balaban J connectivity index is 1.40. The van der Waals surface area contributed by atoms with E-state index in [1.54, 1.807) is 6.07 Å². The molecule has 0 aromatic heterocycles. The van der Waals surface area contributed by atoms with Crippen LogP contribution in [-0.2, 0) is 24.1 Å². The van der Waals surface area contributed by atoms with Crippen LogP contribution in [0.5, 0.6) is 11.5 Å². The summed E-state index contributed by atoms with van der Waals surface area (Å²) < 4.78 is 50.3. The Labute approximate surface area is 160 Å². The molecule has 0 aliphatic carbocycles. The molecule has 1 atom stereocenters. The van der Waals surface area contributed by atoms with Gasteiger partial charge in [-0.05, 0) is 17.7 Å². The van der Waals surface area contributed by atoms with Crippen LogP contribution in [0.2, 0.25) is 0 Å². The van der Waals surface area contributed by atoms with Gasteiger partial charge in [-0.15, -0.1) is 0 Å². The Morgan fingerprint density at radius 3 is 2.68 bits per heavy atom. The molecular weight excluding hydrogens is 373 g/mol. The van der Waals surface area contributed by atoms with Crippen molar-refractivity contribution in [2.24, 2.45) is 0 Å². The average molecular weight is 392 g/mol. The summed E-state index contributed by atoms with van der Waals surface area (Å²) in [4.78, 5) is 13.8. The lowest BCUT2D eigenvalue weighted by Gasteiger charge is -2.20. The van der Waals surface area contributed by atoms with Crippen molar-refractivity contribution in [3.05, 3.63) is 59.2 Å². The van der Waals surface area contributed by atoms with Crippen molar-refractivity contribution in [1.29, 1.82) is 0 Å². The van der Waals surface area contributed by atoms with Crippen LogP contribution in [0.1, 0.15) is 23.1 Å². The Bertz CT molecular complexity index is 885. The number of rotatable bonds is 5. The molecule has 2 aromatic rings. The molecule has 8 heteroatoms. The number of hydrogen-bond acceptors (Lipinski definition) is 4. The summed E-state index contributed by atoms with van der Waals surface area (Å²) in [6.45, 7) is 0.972. The van der Waals surface area contributed by atoms with Gasteiger partial charge in [0.15, 0.2) is 11.5 Å². The largest absolute Gasteiger partial charge is 0.454 e. The standard InChI is InChI=1S/C20H19F3N2O3/c21-20(22,23)16-6-2-1-4-14(16)10-25-11-15(8-18(25)26)24-9-13-5-3-7-17-19(13)28-12-27-17/h1-7,15,24H,8-12H2/t15-/m1/s1. The molecule has 0 spiro atoms. The predicted octanol–water partition coefficient (Wildman–Crippen LogP) is 3.32. The molecule has 148 valence electrons. The number of halogens is 3. The van der Waals surface area contributed by atoms with E-state index in [-0.39, 0.29) is 37.3 Å². The molecule has 28 heavy (non-hydrogen) atoms. The van der Waals surface area contributed by atoms with Crippen LogP contribution in [-0.4, -0.2) is 30.2 Å². The van der Waals surface area contributed by atoms with Gasteiger partial charge in [0.25, 0.3) is 0 Å². The first kappa shape index (κ1) is 18.6. The summed E-state index contributed by atoms with van der Waals surface area (Å²) >= 11 is 0. The molecule has 4 rings (SSSR count). The van der Waals surface area contributed by atoms with E-state index in [4.69, 9.17) is 9.47 Å². The minimum atomic E-state index is -4.44. The summed E-state index contributed by atoms with van der Waals surface area (Å²) in [6.07, 6.45) is -4.19. The van der Waals surface area contributed by atoms with Crippen LogP contribution in [0.25, 0.3) is 0 Å². The quantitative estimate of drug-likeness (QED) is 0.848. The van der Waals surface area contributed by atoms with Crippen molar-refractivity contribution in [3.8, 4) is 11.5 Å². The van der Waals surface area contributed by atoms with E-state index in [1.807, 2.05) is 18.2 Å². The van der Waals surface area contributed by atoms with Crippen molar-refractivity contribution in [2.75, 3.05) is 13.3 Å². The van der Waals surface area contributed by atoms with E-state index < -0.39 is 11.7 Å². The Hall–Kier alpha value is -2.74. The summed E-state index contributed by atoms with van der Waals surface area (Å²) in [6, 6.07) is 10.8. The number of fused-ring (bicyclic) bond motifs is 1. The number of nitrogens with zero attached hydrogens (tertiary/aromatic N) is 1. The summed E-state index contributed by atoms with van der Waals surface area (Å²) in [5.74, 6) is 1.22. The topological polar surface area (TPSA) is 50.8 Å². The van der Waals surface area contributed by atoms with Crippen LogP contribution in [0, 0.1) is 0 Å². The van der Waals surface area contributed by atoms with Crippen molar-refractivity contribution < 1.29 is 27.4 Å². The lowest BCUT2D eigenvalue weighted by atomic mass is 10.1. The first-order chi connectivity index (χ1) is 13.4. The molecular formula is C20H19F3N2O3. The first-order valence-corrected chi connectivity index (χ1v) is 8.95. The molecule has 1 fully saturated rings. The number of benzene rings is 2. The second kappa shape index (κ2) is 7.35. The van der Waals surface area contributed by atoms with E-state index in [2.05, 4.69) is 5.32 Å². The van der Waals surface area contributed by atoms with Gasteiger partial charge in [-0.3, -0.25) is 4.79 Å². The maximum absolute atomic E-state index is 13.2. The number of carbonyl (C=O) groups is 1. The summed E-state index contributed by atoms with van der Waals surface area (Å²) in [5, 5.41) is 3.30. The van der Waals surface area contributed by atoms with E-state index in [0.717, 1.165) is 11.6 Å². The fourth-order valence-corrected chi connectivity index (χ4v) is 3.59. The lowest BCUT2D eigenvalue weighted by molar-refractivity contribution is -0.139. The second-order valence-corrected chi connectivity index (χ2v) is 6.86. The fraction of sp³-hybridized carbons (Fsp3) is 0.350. The first-order valence-electron chi connectivity index (χ1n) is 8.95. The maximum Gasteiger partial charge on any atom is 0.416 e. The molecule has 2 heterocycles. The normalized spacial score (nSPS) is 18.8. The Morgan fingerprint density at radius 1 is 1.07 bits per heavy atom. The van der Waals surface area contributed by atoms with Crippen molar-refractivity contribution in [3.63, 3.8) is 0 Å². The minimum Gasteiger partial charge on any atom is -0.454 e. The molecule has 0 saturated carbocycles. The number of hydrogen-bond donors (Lipinski definition) is 1. The van der Waals surface area contributed by atoms with Crippen molar-refractivity contribution in [2.45, 2.75) is 31.7 Å². The number of likely N-dealkylation sites (tertiary alicyclic amines) is 1. The van der Waals surface area contributed by atoms with Crippen LogP contribution < -0.4 is 14.8 Å². The predicted molar refractivity (Wildman–Crippen MR) is 94.7 cm³/mol. The van der Waals surface area contributed by atoms with E-state index in [9.17, 15) is 18.0 Å². The highest BCUT2D eigenvalue weighted by Crippen LogP contribution is 2.35. The van der Waals surface area contributed by atoms with Gasteiger partial charge in [-0.25, -0.2) is 0 Å². The summed E-state index contributed by atoms with van der Waals surface area (Å²) in [5.41, 5.74) is 0.329. The zero-order valence-electron chi connectivity index (χ0n) is 15.0. The molecule has 1 N–H and O–H groups in total. The molecule has 1 saturated heterocycles. The SMILES string of the molecule is O=C1C[C@@H](NCc2cccc3c2OCO3)CN1Cc1ccccc1C(F)(F)F. The van der Waals surface area contributed by atoms with Gasteiger partial charge in [0.2, 0.25) is 12.7 Å². The smallest absolute Gasteiger partial charge is 0.416 e. The number of amides is 1. The monoisotopic (exact) mass is 392 g/mol. The van der Waals surface area contributed by atoms with E-state index >= 15 is 0 Å². The van der Waals surface area contributed by atoms with Gasteiger partial charge >= 0.3 is 6.18 Å². The average Bonchev–Trinajstić information content (AvgIpc) is 3.26. The lowest BCUT2D eigenvalue weighted by Crippen LogP contribution is -2.32. The molecule has 0 radical (unpaired) electrons. The van der Waals surface area contributed by atoms with Crippen LogP contribution in [0.15, 0.2) is 42.5 Å². The number of nitrogens with one attached hydrogen (secondary N) is 1. The third-order valence-electron chi connectivity index (χ3n) is 4.96. The number of carbonyl (C=O) groups excluding carboxylic acids is 1. The molecule has 2 aliphatic heterocycles. The molecule has 2 aromatic carbocycles. The van der Waals surface area contributed by atoms with Crippen LogP contribution in [0.3, 0.4) is 0 Å². The Morgan fingerprint density at radius 2 is 1.86 bits per heavy atom. The van der Waals surface area contributed by atoms with Gasteiger partial charge in [-0.2, -0.15) is 13.2 Å². The van der Waals surface area contributed by atoms with Gasteiger partial charge in [0.05, 0.1) is 5.56 Å². The summed E-state index contributed by atoms with van der Waals surface area (Å²) in [7, 11) is 0. The van der Waals surface area contributed by atoms with Gasteiger partial charge in [-0.1, -0.05) is 30.3 Å². The molecule has 1 amide bonds.